The number of carbonyl (C=O) groups is 1. The number of hydrogen-bond donors (Lipinski definition) is 2. The van der Waals surface area contributed by atoms with Gasteiger partial charge in [-0.1, -0.05) is 45.7 Å². The van der Waals surface area contributed by atoms with Gasteiger partial charge in [0.25, 0.3) is 0 Å². The first-order valence-corrected chi connectivity index (χ1v) is 8.67. The minimum atomic E-state index is -0.163. The molecule has 0 saturated heterocycles. The summed E-state index contributed by atoms with van der Waals surface area (Å²) in [5, 5.41) is 6.54. The van der Waals surface area contributed by atoms with E-state index in [9.17, 15) is 4.79 Å². The molecule has 1 aromatic rings. The maximum atomic E-state index is 12.4. The molecule has 1 saturated carbocycles. The Morgan fingerprint density at radius 2 is 1.91 bits per heavy atom. The molecule has 1 fully saturated rings. The zero-order valence-electron chi connectivity index (χ0n) is 14.4. The molecule has 0 spiro atoms. The van der Waals surface area contributed by atoms with Crippen molar-refractivity contribution in [2.45, 2.75) is 65.5 Å². The normalized spacial score (nSPS) is 26.5. The molecule has 2 rings (SSSR count). The van der Waals surface area contributed by atoms with Crippen LogP contribution in [0.5, 0.6) is 0 Å². The Balaban J connectivity index is 1.88. The van der Waals surface area contributed by atoms with Crippen molar-refractivity contribution in [2.24, 2.45) is 11.8 Å². The van der Waals surface area contributed by atoms with Gasteiger partial charge in [-0.25, -0.2) is 0 Å². The third-order valence-electron chi connectivity index (χ3n) is 5.19. The number of amides is 1. The van der Waals surface area contributed by atoms with Crippen LogP contribution in [0.15, 0.2) is 24.3 Å². The molecule has 0 aliphatic heterocycles. The van der Waals surface area contributed by atoms with Gasteiger partial charge in [-0.3, -0.25) is 4.79 Å². The number of hydrogen-bond acceptors (Lipinski definition) is 2. The predicted octanol–water partition coefficient (Wildman–Crippen LogP) is 3.99. The predicted molar refractivity (Wildman–Crippen MR) is 93.0 cm³/mol. The van der Waals surface area contributed by atoms with Crippen LogP contribution in [0.1, 0.15) is 52.5 Å². The van der Waals surface area contributed by atoms with E-state index in [1.807, 2.05) is 19.1 Å². The van der Waals surface area contributed by atoms with Crippen LogP contribution in [0.4, 0.5) is 5.69 Å². The SMILES string of the molecule is CCc1ccc(NC(=O)[C@@H](C)N[C@@H]2CCC[C@H](C)[C@@H]2C)cc1. The van der Waals surface area contributed by atoms with Crippen LogP contribution in [0.25, 0.3) is 0 Å². The minimum Gasteiger partial charge on any atom is -0.325 e. The van der Waals surface area contributed by atoms with Crippen LogP contribution in [-0.2, 0) is 11.2 Å². The summed E-state index contributed by atoms with van der Waals surface area (Å²) in [6.45, 7) is 8.71. The van der Waals surface area contributed by atoms with Crippen LogP contribution in [-0.4, -0.2) is 18.0 Å². The average Bonchev–Trinajstić information content (AvgIpc) is 2.52. The number of benzene rings is 1. The molecule has 0 unspecified atom stereocenters. The number of aryl methyl sites for hydroxylation is 1. The molecule has 1 amide bonds. The lowest BCUT2D eigenvalue weighted by Crippen LogP contribution is -2.49. The fraction of sp³-hybridized carbons (Fsp3) is 0.632. The highest BCUT2D eigenvalue weighted by atomic mass is 16.2. The second-order valence-corrected chi connectivity index (χ2v) is 6.80. The highest BCUT2D eigenvalue weighted by molar-refractivity contribution is 5.94. The largest absolute Gasteiger partial charge is 0.325 e. The first-order chi connectivity index (χ1) is 10.5. The molecule has 3 heteroatoms. The molecular formula is C19H30N2O. The Bertz CT molecular complexity index is 483. The molecule has 0 aromatic heterocycles. The molecule has 22 heavy (non-hydrogen) atoms. The zero-order chi connectivity index (χ0) is 16.1. The molecule has 2 N–H and O–H groups in total. The third kappa shape index (κ3) is 4.33. The first-order valence-electron chi connectivity index (χ1n) is 8.67. The van der Waals surface area contributed by atoms with Crippen molar-refractivity contribution in [3.05, 3.63) is 29.8 Å². The van der Waals surface area contributed by atoms with E-state index in [4.69, 9.17) is 0 Å². The fourth-order valence-corrected chi connectivity index (χ4v) is 3.29. The van der Waals surface area contributed by atoms with Crippen molar-refractivity contribution in [2.75, 3.05) is 5.32 Å². The molecule has 1 aromatic carbocycles. The van der Waals surface area contributed by atoms with Crippen LogP contribution in [0.3, 0.4) is 0 Å². The quantitative estimate of drug-likeness (QED) is 0.863. The second kappa shape index (κ2) is 7.77. The lowest BCUT2D eigenvalue weighted by molar-refractivity contribution is -0.118. The maximum Gasteiger partial charge on any atom is 0.241 e. The lowest BCUT2D eigenvalue weighted by atomic mass is 9.78. The van der Waals surface area contributed by atoms with E-state index < -0.39 is 0 Å². The van der Waals surface area contributed by atoms with Crippen molar-refractivity contribution >= 4 is 11.6 Å². The number of carbonyl (C=O) groups excluding carboxylic acids is 1. The van der Waals surface area contributed by atoms with Crippen molar-refractivity contribution in [1.29, 1.82) is 0 Å². The highest BCUT2D eigenvalue weighted by Gasteiger charge is 2.29. The van der Waals surface area contributed by atoms with Crippen LogP contribution < -0.4 is 10.6 Å². The van der Waals surface area contributed by atoms with E-state index in [1.54, 1.807) is 0 Å². The summed E-state index contributed by atoms with van der Waals surface area (Å²) < 4.78 is 0. The van der Waals surface area contributed by atoms with Crippen LogP contribution >= 0.6 is 0 Å². The van der Waals surface area contributed by atoms with Gasteiger partial charge in [0.15, 0.2) is 0 Å². The molecule has 122 valence electrons. The first kappa shape index (κ1) is 17.0. The molecule has 0 bridgehead atoms. The summed E-state index contributed by atoms with van der Waals surface area (Å²) in [5.74, 6) is 1.42. The summed E-state index contributed by atoms with van der Waals surface area (Å²) >= 11 is 0. The number of rotatable bonds is 5. The lowest BCUT2D eigenvalue weighted by Gasteiger charge is -2.36. The summed E-state index contributed by atoms with van der Waals surface area (Å²) in [7, 11) is 0. The summed E-state index contributed by atoms with van der Waals surface area (Å²) in [6.07, 6.45) is 4.76. The van der Waals surface area contributed by atoms with Gasteiger partial charge in [-0.15, -0.1) is 0 Å². The monoisotopic (exact) mass is 302 g/mol. The van der Waals surface area contributed by atoms with Gasteiger partial charge in [0.05, 0.1) is 6.04 Å². The highest BCUT2D eigenvalue weighted by Crippen LogP contribution is 2.29. The van der Waals surface area contributed by atoms with Crippen molar-refractivity contribution in [3.63, 3.8) is 0 Å². The minimum absolute atomic E-state index is 0.0506. The Kier molecular flexibility index (Phi) is 6.01. The zero-order valence-corrected chi connectivity index (χ0v) is 14.4. The van der Waals surface area contributed by atoms with Crippen LogP contribution in [0, 0.1) is 11.8 Å². The van der Waals surface area contributed by atoms with Gasteiger partial charge in [0.2, 0.25) is 5.91 Å². The number of anilines is 1. The average molecular weight is 302 g/mol. The van der Waals surface area contributed by atoms with Crippen molar-refractivity contribution < 1.29 is 4.79 Å². The van der Waals surface area contributed by atoms with E-state index in [0.29, 0.717) is 12.0 Å². The molecule has 4 atom stereocenters. The topological polar surface area (TPSA) is 41.1 Å². The summed E-state index contributed by atoms with van der Waals surface area (Å²) in [4.78, 5) is 12.4. The Labute approximate surface area is 134 Å². The molecule has 0 heterocycles. The molecule has 1 aliphatic carbocycles. The maximum absolute atomic E-state index is 12.4. The number of nitrogens with one attached hydrogen (secondary N) is 2. The smallest absolute Gasteiger partial charge is 0.241 e. The summed E-state index contributed by atoms with van der Waals surface area (Å²) in [5.41, 5.74) is 2.16. The standard InChI is InChI=1S/C19H30N2O/c1-5-16-9-11-17(12-10-16)21-19(22)15(4)20-18-8-6-7-13(2)14(18)3/h9-15,18,20H,5-8H2,1-4H3,(H,21,22)/t13-,14-,15+,18+/m0/s1. The van der Waals surface area contributed by atoms with Gasteiger partial charge in [0.1, 0.15) is 0 Å². The van der Waals surface area contributed by atoms with E-state index in [-0.39, 0.29) is 11.9 Å². The van der Waals surface area contributed by atoms with Crippen LogP contribution in [0.2, 0.25) is 0 Å². The Morgan fingerprint density at radius 1 is 1.23 bits per heavy atom. The molecule has 1 aliphatic rings. The Hall–Kier alpha value is -1.35. The third-order valence-corrected chi connectivity index (χ3v) is 5.19. The van der Waals surface area contributed by atoms with Gasteiger partial charge in [-0.2, -0.15) is 0 Å². The van der Waals surface area contributed by atoms with E-state index in [1.165, 1.54) is 24.8 Å². The second-order valence-electron chi connectivity index (χ2n) is 6.80. The fourth-order valence-electron chi connectivity index (χ4n) is 3.29. The summed E-state index contributed by atoms with van der Waals surface area (Å²) in [6, 6.07) is 8.39. The molecular weight excluding hydrogens is 272 g/mol. The van der Waals surface area contributed by atoms with E-state index >= 15 is 0 Å². The van der Waals surface area contributed by atoms with Crippen molar-refractivity contribution in [1.82, 2.24) is 5.32 Å². The molecule has 3 nitrogen and oxygen atoms in total. The Morgan fingerprint density at radius 3 is 2.55 bits per heavy atom. The van der Waals surface area contributed by atoms with Gasteiger partial charge in [-0.05, 0) is 49.3 Å². The van der Waals surface area contributed by atoms with E-state index in [2.05, 4.69) is 43.5 Å². The van der Waals surface area contributed by atoms with E-state index in [0.717, 1.165) is 18.0 Å². The van der Waals surface area contributed by atoms with Gasteiger partial charge >= 0.3 is 0 Å². The van der Waals surface area contributed by atoms with Gasteiger partial charge < -0.3 is 10.6 Å². The van der Waals surface area contributed by atoms with Gasteiger partial charge in [0, 0.05) is 11.7 Å². The molecule has 0 radical (unpaired) electrons. The van der Waals surface area contributed by atoms with Crippen molar-refractivity contribution in [3.8, 4) is 0 Å².